The predicted molar refractivity (Wildman–Crippen MR) is 71.1 cm³/mol. The Balaban J connectivity index is 2.86. The van der Waals surface area contributed by atoms with E-state index in [1.165, 1.54) is 26.5 Å². The quantitative estimate of drug-likeness (QED) is 0.695. The molecule has 0 aliphatic heterocycles. The van der Waals surface area contributed by atoms with Crippen LogP contribution in [0.25, 0.3) is 0 Å². The zero-order valence-corrected chi connectivity index (χ0v) is 11.3. The van der Waals surface area contributed by atoms with E-state index in [0.29, 0.717) is 12.4 Å². The van der Waals surface area contributed by atoms with Crippen molar-refractivity contribution in [3.8, 4) is 0 Å². The van der Waals surface area contributed by atoms with E-state index in [1.54, 1.807) is 11.9 Å². The Kier molecular flexibility index (Phi) is 5.53. The van der Waals surface area contributed by atoms with E-state index in [1.807, 2.05) is 0 Å². The van der Waals surface area contributed by atoms with E-state index in [9.17, 15) is 9.90 Å². The topological polar surface area (TPSA) is 97.9 Å². The van der Waals surface area contributed by atoms with Gasteiger partial charge in [-0.25, -0.2) is 9.78 Å². The van der Waals surface area contributed by atoms with Gasteiger partial charge in [0.05, 0.1) is 37.3 Å². The number of nitrogen functional groups attached to an aromatic ring is 1. The van der Waals surface area contributed by atoms with Crippen molar-refractivity contribution in [3.63, 3.8) is 0 Å². The standard InChI is InChI=1S/C12H19N3O4/c1-15(6-8(16)7-18-2)11-4-9(12(17)19-3)10(13)5-14-11/h4-5,8,16H,6-7,13H2,1-3H3. The van der Waals surface area contributed by atoms with Crippen molar-refractivity contribution in [2.45, 2.75) is 6.10 Å². The van der Waals surface area contributed by atoms with Crippen LogP contribution in [0.3, 0.4) is 0 Å². The van der Waals surface area contributed by atoms with Crippen LogP contribution in [0.1, 0.15) is 10.4 Å². The number of hydrogen-bond donors (Lipinski definition) is 2. The molecule has 7 heteroatoms. The van der Waals surface area contributed by atoms with Crippen LogP contribution in [0.2, 0.25) is 0 Å². The number of aromatic nitrogens is 1. The Morgan fingerprint density at radius 3 is 2.84 bits per heavy atom. The average molecular weight is 269 g/mol. The number of esters is 1. The SMILES string of the molecule is COCC(O)CN(C)c1cc(C(=O)OC)c(N)cn1. The lowest BCUT2D eigenvalue weighted by Crippen LogP contribution is -2.32. The summed E-state index contributed by atoms with van der Waals surface area (Å²) < 4.78 is 9.48. The molecule has 1 atom stereocenters. The van der Waals surface area contributed by atoms with Crippen molar-refractivity contribution in [3.05, 3.63) is 17.8 Å². The van der Waals surface area contributed by atoms with Crippen LogP contribution in [-0.4, -0.2) is 56.6 Å². The zero-order valence-electron chi connectivity index (χ0n) is 11.3. The summed E-state index contributed by atoms with van der Waals surface area (Å²) in [4.78, 5) is 17.3. The molecule has 0 saturated heterocycles. The fourth-order valence-corrected chi connectivity index (χ4v) is 1.61. The van der Waals surface area contributed by atoms with Gasteiger partial charge in [-0.05, 0) is 6.07 Å². The minimum Gasteiger partial charge on any atom is -0.465 e. The molecular weight excluding hydrogens is 250 g/mol. The molecule has 3 N–H and O–H groups in total. The summed E-state index contributed by atoms with van der Waals surface area (Å²) >= 11 is 0. The van der Waals surface area contributed by atoms with Crippen molar-refractivity contribution in [2.24, 2.45) is 0 Å². The molecule has 0 bridgehead atoms. The van der Waals surface area contributed by atoms with E-state index in [0.717, 1.165) is 0 Å². The molecule has 0 amide bonds. The molecular formula is C12H19N3O4. The molecule has 106 valence electrons. The van der Waals surface area contributed by atoms with Gasteiger partial charge in [0, 0.05) is 20.7 Å². The normalized spacial score (nSPS) is 12.0. The van der Waals surface area contributed by atoms with Gasteiger partial charge < -0.3 is 25.2 Å². The molecule has 0 aromatic carbocycles. The van der Waals surface area contributed by atoms with Crippen LogP contribution < -0.4 is 10.6 Å². The lowest BCUT2D eigenvalue weighted by Gasteiger charge is -2.21. The first-order valence-corrected chi connectivity index (χ1v) is 5.71. The van der Waals surface area contributed by atoms with Crippen molar-refractivity contribution in [1.82, 2.24) is 4.98 Å². The van der Waals surface area contributed by atoms with E-state index >= 15 is 0 Å². The van der Waals surface area contributed by atoms with Crippen LogP contribution in [0.15, 0.2) is 12.3 Å². The van der Waals surface area contributed by atoms with Gasteiger partial charge in [0.25, 0.3) is 0 Å². The van der Waals surface area contributed by atoms with Gasteiger partial charge in [-0.1, -0.05) is 0 Å². The largest absolute Gasteiger partial charge is 0.465 e. The highest BCUT2D eigenvalue weighted by Gasteiger charge is 2.15. The highest BCUT2D eigenvalue weighted by atomic mass is 16.5. The minimum absolute atomic E-state index is 0.225. The minimum atomic E-state index is -0.643. The molecule has 0 spiro atoms. The Bertz CT molecular complexity index is 439. The molecule has 1 aromatic rings. The number of carbonyl (C=O) groups is 1. The fraction of sp³-hybridized carbons (Fsp3) is 0.500. The lowest BCUT2D eigenvalue weighted by atomic mass is 10.2. The van der Waals surface area contributed by atoms with Gasteiger partial charge in [-0.15, -0.1) is 0 Å². The molecule has 1 unspecified atom stereocenters. The molecule has 0 aliphatic rings. The molecule has 0 saturated carbocycles. The number of hydrogen-bond acceptors (Lipinski definition) is 7. The molecule has 1 rings (SSSR count). The molecule has 0 fully saturated rings. The average Bonchev–Trinajstić information content (AvgIpc) is 2.38. The third-order valence-corrected chi connectivity index (χ3v) is 2.56. The van der Waals surface area contributed by atoms with Crippen LogP contribution >= 0.6 is 0 Å². The smallest absolute Gasteiger partial charge is 0.340 e. The Morgan fingerprint density at radius 1 is 1.58 bits per heavy atom. The maximum absolute atomic E-state index is 11.5. The second kappa shape index (κ2) is 6.91. The van der Waals surface area contributed by atoms with Crippen LogP contribution in [0, 0.1) is 0 Å². The number of pyridine rings is 1. The van der Waals surface area contributed by atoms with E-state index in [2.05, 4.69) is 9.72 Å². The molecule has 1 aromatic heterocycles. The lowest BCUT2D eigenvalue weighted by molar-refractivity contribution is 0.0602. The highest BCUT2D eigenvalue weighted by molar-refractivity contribution is 5.95. The van der Waals surface area contributed by atoms with Gasteiger partial charge >= 0.3 is 5.97 Å². The van der Waals surface area contributed by atoms with Gasteiger partial charge in [-0.2, -0.15) is 0 Å². The molecule has 0 aliphatic carbocycles. The van der Waals surface area contributed by atoms with Crippen LogP contribution in [0.4, 0.5) is 11.5 Å². The second-order valence-corrected chi connectivity index (χ2v) is 4.11. The summed E-state index contributed by atoms with van der Waals surface area (Å²) in [7, 11) is 4.55. The Morgan fingerprint density at radius 2 is 2.26 bits per heavy atom. The number of aliphatic hydroxyl groups excluding tert-OH is 1. The first kappa shape index (κ1) is 15.2. The number of carbonyl (C=O) groups excluding carboxylic acids is 1. The van der Waals surface area contributed by atoms with Crippen LogP contribution in [-0.2, 0) is 9.47 Å². The van der Waals surface area contributed by atoms with E-state index in [-0.39, 0.29) is 17.9 Å². The third-order valence-electron chi connectivity index (χ3n) is 2.56. The monoisotopic (exact) mass is 269 g/mol. The molecule has 0 radical (unpaired) electrons. The second-order valence-electron chi connectivity index (χ2n) is 4.11. The number of likely N-dealkylation sites (N-methyl/N-ethyl adjacent to an activating group) is 1. The Labute approximate surface area is 111 Å². The van der Waals surface area contributed by atoms with Gasteiger partial charge in [-0.3, -0.25) is 0 Å². The Hall–Kier alpha value is -1.86. The fourth-order valence-electron chi connectivity index (χ4n) is 1.61. The van der Waals surface area contributed by atoms with Gasteiger partial charge in [0.1, 0.15) is 5.82 Å². The number of rotatable bonds is 6. The molecule has 1 heterocycles. The molecule has 19 heavy (non-hydrogen) atoms. The summed E-state index contributed by atoms with van der Waals surface area (Å²) in [6.45, 7) is 0.550. The number of methoxy groups -OCH3 is 2. The maximum atomic E-state index is 11.5. The van der Waals surface area contributed by atoms with Crippen molar-refractivity contribution in [1.29, 1.82) is 0 Å². The number of nitrogens with two attached hydrogens (primary N) is 1. The van der Waals surface area contributed by atoms with Gasteiger partial charge in [0.15, 0.2) is 0 Å². The van der Waals surface area contributed by atoms with Crippen molar-refractivity contribution >= 4 is 17.5 Å². The summed E-state index contributed by atoms with van der Waals surface area (Å²) in [5.74, 6) is -0.00302. The predicted octanol–water partition coefficient (Wildman–Crippen LogP) is -0.106. The number of anilines is 2. The van der Waals surface area contributed by atoms with E-state index in [4.69, 9.17) is 10.5 Å². The maximum Gasteiger partial charge on any atom is 0.340 e. The summed E-state index contributed by atoms with van der Waals surface area (Å²) in [5, 5.41) is 9.65. The summed E-state index contributed by atoms with van der Waals surface area (Å²) in [5.41, 5.74) is 6.17. The first-order chi connectivity index (χ1) is 8.99. The van der Waals surface area contributed by atoms with Gasteiger partial charge in [0.2, 0.25) is 0 Å². The summed E-state index contributed by atoms with van der Waals surface area (Å²) in [6, 6.07) is 1.53. The summed E-state index contributed by atoms with van der Waals surface area (Å²) in [6.07, 6.45) is 0.747. The first-order valence-electron chi connectivity index (χ1n) is 5.71. The van der Waals surface area contributed by atoms with Crippen molar-refractivity contribution in [2.75, 3.05) is 45.1 Å². The van der Waals surface area contributed by atoms with Crippen LogP contribution in [0.5, 0.6) is 0 Å². The third kappa shape index (κ3) is 4.08. The zero-order chi connectivity index (χ0) is 14.4. The van der Waals surface area contributed by atoms with Crippen molar-refractivity contribution < 1.29 is 19.4 Å². The number of ether oxygens (including phenoxy) is 2. The number of aliphatic hydroxyl groups is 1. The molecule has 7 nitrogen and oxygen atoms in total. The van der Waals surface area contributed by atoms with E-state index < -0.39 is 12.1 Å². The number of nitrogens with zero attached hydrogens (tertiary/aromatic N) is 2. The highest BCUT2D eigenvalue weighted by Crippen LogP contribution is 2.18.